The highest BCUT2D eigenvalue weighted by atomic mass is 35.5. The standard InChI is InChI=1S/C16H24N4O2.ClH/c1-22-11-16(5-8-17-9-6-16)10-19-15(21)13-4-7-18-14(20-13)12-2-3-12;/h4,7,12,17H,2-3,5-6,8-11H2,1H3,(H,19,21);1H. The largest absolute Gasteiger partial charge is 0.384 e. The second-order valence-corrected chi connectivity index (χ2v) is 6.44. The molecule has 1 aliphatic heterocycles. The summed E-state index contributed by atoms with van der Waals surface area (Å²) >= 11 is 0. The molecule has 1 saturated heterocycles. The Morgan fingerprint density at radius 1 is 1.43 bits per heavy atom. The second kappa shape index (κ2) is 8.04. The summed E-state index contributed by atoms with van der Waals surface area (Å²) in [5.74, 6) is 1.15. The Balaban J connectivity index is 0.00000192. The van der Waals surface area contributed by atoms with Crippen LogP contribution in [0.3, 0.4) is 0 Å². The minimum atomic E-state index is -0.113. The maximum Gasteiger partial charge on any atom is 0.270 e. The van der Waals surface area contributed by atoms with Gasteiger partial charge in [0.25, 0.3) is 5.91 Å². The van der Waals surface area contributed by atoms with Crippen LogP contribution in [0.5, 0.6) is 0 Å². The van der Waals surface area contributed by atoms with Crippen LogP contribution in [0, 0.1) is 5.41 Å². The fourth-order valence-corrected chi connectivity index (χ4v) is 3.03. The molecule has 1 aliphatic carbocycles. The molecule has 3 rings (SSSR count). The number of amides is 1. The summed E-state index contributed by atoms with van der Waals surface area (Å²) in [6, 6.07) is 1.69. The zero-order valence-corrected chi connectivity index (χ0v) is 14.3. The topological polar surface area (TPSA) is 76.1 Å². The van der Waals surface area contributed by atoms with Crippen LogP contribution in [0.15, 0.2) is 12.3 Å². The molecule has 0 aromatic carbocycles. The molecular formula is C16H25ClN4O2. The molecule has 1 aromatic heterocycles. The molecule has 1 amide bonds. The maximum absolute atomic E-state index is 12.4. The van der Waals surface area contributed by atoms with Gasteiger partial charge in [0, 0.05) is 31.2 Å². The molecule has 0 bridgehead atoms. The molecule has 2 fully saturated rings. The zero-order chi connectivity index (χ0) is 15.4. The lowest BCUT2D eigenvalue weighted by Gasteiger charge is -2.37. The van der Waals surface area contributed by atoms with E-state index in [0.717, 1.165) is 44.6 Å². The van der Waals surface area contributed by atoms with Crippen molar-refractivity contribution in [2.75, 3.05) is 33.4 Å². The van der Waals surface area contributed by atoms with Crippen LogP contribution in [-0.4, -0.2) is 49.2 Å². The first-order chi connectivity index (χ1) is 10.7. The van der Waals surface area contributed by atoms with E-state index < -0.39 is 0 Å². The van der Waals surface area contributed by atoms with Gasteiger partial charge in [0.15, 0.2) is 0 Å². The normalized spacial score (nSPS) is 19.7. The van der Waals surface area contributed by atoms with Gasteiger partial charge in [0.2, 0.25) is 0 Å². The fourth-order valence-electron chi connectivity index (χ4n) is 3.03. The van der Waals surface area contributed by atoms with Gasteiger partial charge in [-0.15, -0.1) is 12.4 Å². The van der Waals surface area contributed by atoms with E-state index >= 15 is 0 Å². The summed E-state index contributed by atoms with van der Waals surface area (Å²) in [5, 5.41) is 6.40. The van der Waals surface area contributed by atoms with Crippen LogP contribution in [-0.2, 0) is 4.74 Å². The highest BCUT2D eigenvalue weighted by Gasteiger charge is 2.33. The monoisotopic (exact) mass is 340 g/mol. The Hall–Kier alpha value is -1.24. The molecule has 0 radical (unpaired) electrons. The fraction of sp³-hybridized carbons (Fsp3) is 0.688. The molecule has 6 nitrogen and oxygen atoms in total. The van der Waals surface area contributed by atoms with E-state index in [-0.39, 0.29) is 23.7 Å². The first-order valence-electron chi connectivity index (χ1n) is 8.03. The van der Waals surface area contributed by atoms with Gasteiger partial charge in [0.05, 0.1) is 6.61 Å². The Kier molecular flexibility index (Phi) is 6.33. The Labute approximate surface area is 143 Å². The number of carbonyl (C=O) groups excluding carboxylic acids is 1. The molecule has 2 aliphatic rings. The molecule has 128 valence electrons. The smallest absolute Gasteiger partial charge is 0.270 e. The maximum atomic E-state index is 12.4. The second-order valence-electron chi connectivity index (χ2n) is 6.44. The molecule has 2 N–H and O–H groups in total. The molecule has 1 aromatic rings. The van der Waals surface area contributed by atoms with Gasteiger partial charge >= 0.3 is 0 Å². The third-order valence-electron chi connectivity index (χ3n) is 4.59. The number of hydrogen-bond acceptors (Lipinski definition) is 5. The molecular weight excluding hydrogens is 316 g/mol. The van der Waals surface area contributed by atoms with E-state index in [1.54, 1.807) is 19.4 Å². The van der Waals surface area contributed by atoms with Crippen LogP contribution in [0.25, 0.3) is 0 Å². The Morgan fingerprint density at radius 3 is 2.83 bits per heavy atom. The lowest BCUT2D eigenvalue weighted by Crippen LogP contribution is -2.47. The number of aromatic nitrogens is 2. The van der Waals surface area contributed by atoms with Crippen molar-refractivity contribution in [3.8, 4) is 0 Å². The van der Waals surface area contributed by atoms with Gasteiger partial charge in [-0.25, -0.2) is 9.97 Å². The van der Waals surface area contributed by atoms with Crippen LogP contribution < -0.4 is 10.6 Å². The molecule has 0 unspecified atom stereocenters. The predicted octanol–water partition coefficient (Wildman–Crippen LogP) is 1.52. The lowest BCUT2D eigenvalue weighted by molar-refractivity contribution is 0.0510. The van der Waals surface area contributed by atoms with E-state index in [9.17, 15) is 4.79 Å². The van der Waals surface area contributed by atoms with Crippen LogP contribution in [0.4, 0.5) is 0 Å². The van der Waals surface area contributed by atoms with Gasteiger partial charge < -0.3 is 15.4 Å². The van der Waals surface area contributed by atoms with Crippen LogP contribution >= 0.6 is 12.4 Å². The van der Waals surface area contributed by atoms with E-state index in [1.165, 1.54) is 0 Å². The number of methoxy groups -OCH3 is 1. The van der Waals surface area contributed by atoms with Gasteiger partial charge in [-0.3, -0.25) is 4.79 Å². The van der Waals surface area contributed by atoms with Crippen LogP contribution in [0.1, 0.15) is 47.9 Å². The van der Waals surface area contributed by atoms with Gasteiger partial charge in [-0.2, -0.15) is 0 Å². The molecule has 23 heavy (non-hydrogen) atoms. The minimum absolute atomic E-state index is 0. The summed E-state index contributed by atoms with van der Waals surface area (Å²) in [5.41, 5.74) is 0.501. The molecule has 1 saturated carbocycles. The number of nitrogens with one attached hydrogen (secondary N) is 2. The number of carbonyl (C=O) groups is 1. The highest BCUT2D eigenvalue weighted by Crippen LogP contribution is 2.37. The van der Waals surface area contributed by atoms with Gasteiger partial charge in [-0.05, 0) is 44.8 Å². The summed E-state index contributed by atoms with van der Waals surface area (Å²) in [6.45, 7) is 3.24. The predicted molar refractivity (Wildman–Crippen MR) is 90.0 cm³/mol. The summed E-state index contributed by atoms with van der Waals surface area (Å²) in [6.07, 6.45) is 5.98. The van der Waals surface area contributed by atoms with E-state index in [4.69, 9.17) is 4.74 Å². The number of nitrogens with zero attached hydrogens (tertiary/aromatic N) is 2. The van der Waals surface area contributed by atoms with Crippen molar-refractivity contribution in [2.45, 2.75) is 31.6 Å². The van der Waals surface area contributed by atoms with Gasteiger partial charge in [-0.1, -0.05) is 0 Å². The number of halogens is 1. The average molecular weight is 341 g/mol. The van der Waals surface area contributed by atoms with Gasteiger partial charge in [0.1, 0.15) is 11.5 Å². The number of rotatable bonds is 6. The van der Waals surface area contributed by atoms with Crippen molar-refractivity contribution in [2.24, 2.45) is 5.41 Å². The van der Waals surface area contributed by atoms with Crippen molar-refractivity contribution in [3.63, 3.8) is 0 Å². The summed E-state index contributed by atoms with van der Waals surface area (Å²) in [4.78, 5) is 21.0. The summed E-state index contributed by atoms with van der Waals surface area (Å²) < 4.78 is 5.38. The zero-order valence-electron chi connectivity index (χ0n) is 13.5. The quantitative estimate of drug-likeness (QED) is 0.821. The third-order valence-corrected chi connectivity index (χ3v) is 4.59. The summed E-state index contributed by atoms with van der Waals surface area (Å²) in [7, 11) is 1.72. The first kappa shape index (κ1) is 18.1. The highest BCUT2D eigenvalue weighted by molar-refractivity contribution is 5.92. The molecule has 2 heterocycles. The number of piperidine rings is 1. The third kappa shape index (κ3) is 4.62. The minimum Gasteiger partial charge on any atom is -0.384 e. The molecule has 0 spiro atoms. The number of hydrogen-bond donors (Lipinski definition) is 2. The van der Waals surface area contributed by atoms with Crippen molar-refractivity contribution < 1.29 is 9.53 Å². The first-order valence-corrected chi connectivity index (χ1v) is 8.03. The van der Waals surface area contributed by atoms with E-state index in [2.05, 4.69) is 20.6 Å². The van der Waals surface area contributed by atoms with E-state index in [1.807, 2.05) is 0 Å². The Bertz CT molecular complexity index is 525. The molecule has 7 heteroatoms. The Morgan fingerprint density at radius 2 is 2.17 bits per heavy atom. The van der Waals surface area contributed by atoms with Crippen LogP contribution in [0.2, 0.25) is 0 Å². The van der Waals surface area contributed by atoms with Crippen molar-refractivity contribution in [3.05, 3.63) is 23.8 Å². The lowest BCUT2D eigenvalue weighted by atomic mass is 9.79. The van der Waals surface area contributed by atoms with Crippen molar-refractivity contribution >= 4 is 18.3 Å². The van der Waals surface area contributed by atoms with E-state index in [0.29, 0.717) is 24.8 Å². The average Bonchev–Trinajstić information content (AvgIpc) is 3.39. The number of ether oxygens (including phenoxy) is 1. The molecule has 0 atom stereocenters. The van der Waals surface area contributed by atoms with Crippen molar-refractivity contribution in [1.82, 2.24) is 20.6 Å². The van der Waals surface area contributed by atoms with Crippen molar-refractivity contribution in [1.29, 1.82) is 0 Å². The SMILES string of the molecule is COCC1(CNC(=O)c2ccnc(C3CC3)n2)CCNCC1.Cl.